The summed E-state index contributed by atoms with van der Waals surface area (Å²) in [7, 11) is -6.04. The fourth-order valence-corrected chi connectivity index (χ4v) is 3.42. The van der Waals surface area contributed by atoms with Crippen molar-refractivity contribution in [3.63, 3.8) is 0 Å². The number of alkyl halides is 6. The maximum Gasteiger partial charge on any atom is 0.427 e. The molecule has 0 aromatic carbocycles. The molecule has 1 saturated heterocycles. The van der Waals surface area contributed by atoms with Gasteiger partial charge in [-0.1, -0.05) is 0 Å². The van der Waals surface area contributed by atoms with Crippen molar-refractivity contribution < 1.29 is 39.4 Å². The number of sulfonamides is 1. The Morgan fingerprint density at radius 3 is 1.82 bits per heavy atom. The van der Waals surface area contributed by atoms with E-state index in [0.29, 0.717) is 0 Å². The van der Waals surface area contributed by atoms with Crippen LogP contribution in [0.25, 0.3) is 0 Å². The zero-order valence-corrected chi connectivity index (χ0v) is 12.6. The zero-order chi connectivity index (χ0) is 17.6. The van der Waals surface area contributed by atoms with Crippen molar-refractivity contribution in [3.05, 3.63) is 5.21 Å². The standard InChI is InChI=1S/C10H16F6N2O3S/c1-3-18(19)6-4-17(5-7-18)22(20,21)10(15,16)9(13,14)8(2,11)12/h3-7H2,1-2H3. The first-order valence-electron chi connectivity index (χ1n) is 6.32. The minimum Gasteiger partial charge on any atom is -0.633 e. The highest BCUT2D eigenvalue weighted by Crippen LogP contribution is 2.49. The number of likely N-dealkylation sites (N-methyl/N-ethyl adjacent to an activating group) is 1. The van der Waals surface area contributed by atoms with Crippen LogP contribution in [0.3, 0.4) is 0 Å². The van der Waals surface area contributed by atoms with E-state index in [4.69, 9.17) is 0 Å². The summed E-state index contributed by atoms with van der Waals surface area (Å²) in [5.41, 5.74) is 0. The molecule has 1 aliphatic heterocycles. The summed E-state index contributed by atoms with van der Waals surface area (Å²) in [5.74, 6) is -11.3. The number of halogens is 6. The lowest BCUT2D eigenvalue weighted by Crippen LogP contribution is -2.64. The molecule has 132 valence electrons. The molecule has 0 bridgehead atoms. The van der Waals surface area contributed by atoms with Crippen molar-refractivity contribution in [3.8, 4) is 0 Å². The van der Waals surface area contributed by atoms with Gasteiger partial charge in [-0.3, -0.25) is 0 Å². The van der Waals surface area contributed by atoms with Gasteiger partial charge in [0.05, 0.1) is 32.7 Å². The van der Waals surface area contributed by atoms with Crippen molar-refractivity contribution in [2.24, 2.45) is 0 Å². The van der Waals surface area contributed by atoms with Crippen molar-refractivity contribution in [2.75, 3.05) is 32.7 Å². The number of hydroxylamine groups is 3. The van der Waals surface area contributed by atoms with Crippen molar-refractivity contribution in [1.82, 2.24) is 4.31 Å². The van der Waals surface area contributed by atoms with E-state index in [1.54, 1.807) is 0 Å². The van der Waals surface area contributed by atoms with E-state index in [-0.39, 0.29) is 10.8 Å². The van der Waals surface area contributed by atoms with Gasteiger partial charge in [-0.25, -0.2) is 8.42 Å². The first-order valence-corrected chi connectivity index (χ1v) is 7.76. The Morgan fingerprint density at radius 1 is 1.09 bits per heavy atom. The highest BCUT2D eigenvalue weighted by atomic mass is 32.2. The van der Waals surface area contributed by atoms with Crippen LogP contribution in [0.4, 0.5) is 26.3 Å². The van der Waals surface area contributed by atoms with Crippen molar-refractivity contribution in [1.29, 1.82) is 0 Å². The summed E-state index contributed by atoms with van der Waals surface area (Å²) in [4.78, 5) is 0. The molecule has 5 nitrogen and oxygen atoms in total. The molecular weight excluding hydrogens is 342 g/mol. The molecule has 0 radical (unpaired) electrons. The Labute approximate surface area is 123 Å². The Morgan fingerprint density at radius 2 is 1.50 bits per heavy atom. The molecule has 0 saturated carbocycles. The van der Waals surface area contributed by atoms with E-state index in [1.807, 2.05) is 0 Å². The average Bonchev–Trinajstić information content (AvgIpc) is 2.37. The molecule has 12 heteroatoms. The van der Waals surface area contributed by atoms with Gasteiger partial charge < -0.3 is 9.85 Å². The van der Waals surface area contributed by atoms with Gasteiger partial charge in [0.15, 0.2) is 0 Å². The molecule has 0 aromatic heterocycles. The van der Waals surface area contributed by atoms with Crippen LogP contribution in [-0.4, -0.2) is 67.2 Å². The molecule has 0 atom stereocenters. The fourth-order valence-electron chi connectivity index (χ4n) is 1.95. The number of nitrogens with zero attached hydrogens (tertiary/aromatic N) is 2. The predicted octanol–water partition coefficient (Wildman–Crippen LogP) is 1.85. The number of hydrogen-bond donors (Lipinski definition) is 0. The van der Waals surface area contributed by atoms with Gasteiger partial charge in [0.2, 0.25) is 0 Å². The molecule has 1 aliphatic rings. The quantitative estimate of drug-likeness (QED) is 0.428. The summed E-state index contributed by atoms with van der Waals surface area (Å²) in [6.45, 7) is -1.24. The third-order valence-electron chi connectivity index (χ3n) is 3.67. The monoisotopic (exact) mass is 358 g/mol. The smallest absolute Gasteiger partial charge is 0.427 e. The van der Waals surface area contributed by atoms with Gasteiger partial charge in [0, 0.05) is 6.92 Å². The molecule has 0 aromatic rings. The van der Waals surface area contributed by atoms with Crippen LogP contribution in [0.5, 0.6) is 0 Å². The average molecular weight is 358 g/mol. The fraction of sp³-hybridized carbons (Fsp3) is 1.00. The Kier molecular flexibility index (Phi) is 4.86. The molecule has 0 spiro atoms. The highest BCUT2D eigenvalue weighted by molar-refractivity contribution is 7.90. The van der Waals surface area contributed by atoms with Gasteiger partial charge in [0.1, 0.15) is 0 Å². The second-order valence-corrected chi connectivity index (χ2v) is 7.18. The summed E-state index contributed by atoms with van der Waals surface area (Å²) in [6.07, 6.45) is 0. The Bertz CT molecular complexity index is 511. The molecule has 0 N–H and O–H groups in total. The summed E-state index contributed by atoms with van der Waals surface area (Å²) in [6, 6.07) is 0. The van der Waals surface area contributed by atoms with Gasteiger partial charge in [-0.15, -0.1) is 0 Å². The lowest BCUT2D eigenvalue weighted by Gasteiger charge is -2.47. The minimum absolute atomic E-state index is 0.0310. The van der Waals surface area contributed by atoms with E-state index < -0.39 is 64.9 Å². The molecule has 0 amide bonds. The molecule has 1 rings (SSSR count). The number of hydrogen-bond acceptors (Lipinski definition) is 3. The first-order chi connectivity index (χ1) is 9.62. The Hall–Kier alpha value is -0.590. The van der Waals surface area contributed by atoms with Crippen LogP contribution >= 0.6 is 0 Å². The molecular formula is C10H16F6N2O3S. The first kappa shape index (κ1) is 19.5. The zero-order valence-electron chi connectivity index (χ0n) is 11.8. The Balaban J connectivity index is 3.10. The molecule has 22 heavy (non-hydrogen) atoms. The number of piperazine rings is 1. The molecule has 1 heterocycles. The second-order valence-electron chi connectivity index (χ2n) is 5.21. The van der Waals surface area contributed by atoms with Gasteiger partial charge in [-0.2, -0.15) is 30.6 Å². The highest BCUT2D eigenvalue weighted by Gasteiger charge is 2.76. The van der Waals surface area contributed by atoms with Crippen LogP contribution in [0.1, 0.15) is 13.8 Å². The summed E-state index contributed by atoms with van der Waals surface area (Å²) >= 11 is 0. The van der Waals surface area contributed by atoms with Crippen LogP contribution in [-0.2, 0) is 10.0 Å². The normalized spacial score (nSPS) is 21.9. The van der Waals surface area contributed by atoms with Crippen LogP contribution in [0.2, 0.25) is 0 Å². The summed E-state index contributed by atoms with van der Waals surface area (Å²) < 4.78 is 101. The van der Waals surface area contributed by atoms with E-state index in [2.05, 4.69) is 0 Å². The second kappa shape index (κ2) is 5.49. The number of quaternary nitrogens is 1. The lowest BCUT2D eigenvalue weighted by molar-refractivity contribution is -0.882. The van der Waals surface area contributed by atoms with Crippen molar-refractivity contribution >= 4 is 10.0 Å². The van der Waals surface area contributed by atoms with Gasteiger partial charge in [-0.05, 0) is 6.92 Å². The topological polar surface area (TPSA) is 60.4 Å². The van der Waals surface area contributed by atoms with E-state index >= 15 is 0 Å². The predicted molar refractivity (Wildman–Crippen MR) is 64.9 cm³/mol. The summed E-state index contributed by atoms with van der Waals surface area (Å²) in [5, 5.41) is 5.84. The van der Waals surface area contributed by atoms with Gasteiger partial charge in [0.25, 0.3) is 10.0 Å². The van der Waals surface area contributed by atoms with Crippen LogP contribution < -0.4 is 0 Å². The van der Waals surface area contributed by atoms with Crippen LogP contribution in [0.15, 0.2) is 0 Å². The van der Waals surface area contributed by atoms with E-state index in [9.17, 15) is 40.0 Å². The maximum atomic E-state index is 13.6. The van der Waals surface area contributed by atoms with Gasteiger partial charge >= 0.3 is 17.1 Å². The van der Waals surface area contributed by atoms with Crippen molar-refractivity contribution in [2.45, 2.75) is 30.9 Å². The third-order valence-corrected chi connectivity index (χ3v) is 5.62. The van der Waals surface area contributed by atoms with E-state index in [1.165, 1.54) is 6.92 Å². The maximum absolute atomic E-state index is 13.6. The lowest BCUT2D eigenvalue weighted by atomic mass is 10.2. The molecule has 1 fully saturated rings. The third kappa shape index (κ3) is 2.93. The molecule has 0 unspecified atom stereocenters. The number of rotatable bonds is 5. The minimum atomic E-state index is -6.08. The molecule has 0 aliphatic carbocycles. The SMILES string of the molecule is CC[N+]1([O-])CCN(S(=O)(=O)C(F)(F)C(F)(F)C(C)(F)F)CC1. The van der Waals surface area contributed by atoms with E-state index in [0.717, 1.165) is 0 Å². The van der Waals surface area contributed by atoms with Crippen LogP contribution in [0, 0.1) is 5.21 Å². The largest absolute Gasteiger partial charge is 0.633 e.